The fourth-order valence-corrected chi connectivity index (χ4v) is 4.14. The molecule has 5 nitrogen and oxygen atoms in total. The molecule has 0 spiro atoms. The summed E-state index contributed by atoms with van der Waals surface area (Å²) in [4.78, 5) is 11.7. The highest BCUT2D eigenvalue weighted by atomic mass is 32.2. The molecular formula is C13H18N2O3S2. The van der Waals surface area contributed by atoms with Crippen LogP contribution in [0.2, 0.25) is 0 Å². The molecule has 1 atom stereocenters. The van der Waals surface area contributed by atoms with Gasteiger partial charge in [0.1, 0.15) is 0 Å². The van der Waals surface area contributed by atoms with Gasteiger partial charge in [-0.3, -0.25) is 4.79 Å². The molecule has 110 valence electrons. The molecule has 0 aliphatic heterocycles. The highest BCUT2D eigenvalue weighted by Crippen LogP contribution is 2.21. The summed E-state index contributed by atoms with van der Waals surface area (Å²) in [7, 11) is -1.88. The first-order valence-corrected chi connectivity index (χ1v) is 8.64. The standard InChI is InChI=1S/C13H18N2O3S2/c1-8(2)9(3)14-20(17,18)10-5-6-11-12(7-10)19-13(16)15(11)4/h5-9,14H,1-4H3/t9-/m1/s1. The van der Waals surface area contributed by atoms with Crippen molar-refractivity contribution < 1.29 is 8.42 Å². The molecule has 0 fully saturated rings. The van der Waals surface area contributed by atoms with E-state index in [1.165, 1.54) is 10.6 Å². The van der Waals surface area contributed by atoms with E-state index in [2.05, 4.69) is 4.72 Å². The Hall–Kier alpha value is -1.18. The third-order valence-corrected chi connectivity index (χ3v) is 5.97. The Morgan fingerprint density at radius 2 is 1.90 bits per heavy atom. The highest BCUT2D eigenvalue weighted by molar-refractivity contribution is 7.89. The van der Waals surface area contributed by atoms with Crippen molar-refractivity contribution in [2.45, 2.75) is 31.7 Å². The first-order valence-electron chi connectivity index (χ1n) is 6.34. The Bertz CT molecular complexity index is 788. The Morgan fingerprint density at radius 3 is 2.50 bits per heavy atom. The van der Waals surface area contributed by atoms with Gasteiger partial charge in [-0.05, 0) is 31.0 Å². The smallest absolute Gasteiger partial charge is 0.302 e. The second-order valence-corrected chi connectivity index (χ2v) is 7.92. The van der Waals surface area contributed by atoms with Crippen LogP contribution in [0.25, 0.3) is 10.2 Å². The first-order chi connectivity index (χ1) is 9.22. The minimum absolute atomic E-state index is 0.0990. The van der Waals surface area contributed by atoms with E-state index in [4.69, 9.17) is 0 Å². The van der Waals surface area contributed by atoms with Crippen LogP contribution < -0.4 is 9.60 Å². The van der Waals surface area contributed by atoms with Crippen molar-refractivity contribution in [3.8, 4) is 0 Å². The second-order valence-electron chi connectivity index (χ2n) is 5.21. The van der Waals surface area contributed by atoms with Gasteiger partial charge in [-0.1, -0.05) is 25.2 Å². The van der Waals surface area contributed by atoms with E-state index in [1.807, 2.05) is 20.8 Å². The number of rotatable bonds is 4. The minimum Gasteiger partial charge on any atom is -0.302 e. The molecule has 0 bridgehead atoms. The monoisotopic (exact) mass is 314 g/mol. The maximum Gasteiger partial charge on any atom is 0.307 e. The summed E-state index contributed by atoms with van der Waals surface area (Å²) in [5, 5.41) is 0. The molecule has 0 amide bonds. The molecule has 0 aliphatic rings. The highest BCUT2D eigenvalue weighted by Gasteiger charge is 2.20. The largest absolute Gasteiger partial charge is 0.307 e. The van der Waals surface area contributed by atoms with Crippen LogP contribution >= 0.6 is 11.3 Å². The molecule has 0 saturated carbocycles. The number of fused-ring (bicyclic) bond motifs is 1. The van der Waals surface area contributed by atoms with Gasteiger partial charge in [0.25, 0.3) is 0 Å². The lowest BCUT2D eigenvalue weighted by Gasteiger charge is -2.17. The van der Waals surface area contributed by atoms with E-state index in [9.17, 15) is 13.2 Å². The average Bonchev–Trinajstić information content (AvgIpc) is 2.64. The number of nitrogens with one attached hydrogen (secondary N) is 1. The number of aryl methyl sites for hydroxylation is 1. The SMILES string of the molecule is CC(C)[C@@H](C)NS(=O)(=O)c1ccc2c(c1)sc(=O)n2C. The van der Waals surface area contributed by atoms with Crippen molar-refractivity contribution >= 4 is 31.6 Å². The van der Waals surface area contributed by atoms with Crippen molar-refractivity contribution in [3.63, 3.8) is 0 Å². The van der Waals surface area contributed by atoms with E-state index >= 15 is 0 Å². The number of aromatic nitrogens is 1. The molecule has 0 aliphatic carbocycles. The van der Waals surface area contributed by atoms with E-state index in [0.717, 1.165) is 16.9 Å². The Balaban J connectivity index is 2.45. The lowest BCUT2D eigenvalue weighted by molar-refractivity contribution is 0.476. The molecule has 0 unspecified atom stereocenters. The van der Waals surface area contributed by atoms with Gasteiger partial charge in [0.15, 0.2) is 0 Å². The number of hydrogen-bond acceptors (Lipinski definition) is 4. The van der Waals surface area contributed by atoms with Gasteiger partial charge in [-0.2, -0.15) is 0 Å². The van der Waals surface area contributed by atoms with Crippen LogP contribution in [-0.2, 0) is 17.1 Å². The number of benzene rings is 1. The van der Waals surface area contributed by atoms with Crippen LogP contribution in [0.3, 0.4) is 0 Å². The third kappa shape index (κ3) is 2.79. The molecule has 2 rings (SSSR count). The Kier molecular flexibility index (Phi) is 4.04. The molecule has 1 aromatic heterocycles. The summed E-state index contributed by atoms with van der Waals surface area (Å²) in [5.41, 5.74) is 0.746. The summed E-state index contributed by atoms with van der Waals surface area (Å²) in [6.45, 7) is 5.75. The van der Waals surface area contributed by atoms with Crippen molar-refractivity contribution in [2.75, 3.05) is 0 Å². The topological polar surface area (TPSA) is 68.2 Å². The zero-order valence-electron chi connectivity index (χ0n) is 11.9. The maximum atomic E-state index is 12.3. The molecular weight excluding hydrogens is 296 g/mol. The molecule has 0 saturated heterocycles. The third-order valence-electron chi connectivity index (χ3n) is 3.42. The van der Waals surface area contributed by atoms with Gasteiger partial charge in [0.2, 0.25) is 10.0 Å². The van der Waals surface area contributed by atoms with Crippen molar-refractivity contribution in [3.05, 3.63) is 27.9 Å². The number of hydrogen-bond donors (Lipinski definition) is 1. The van der Waals surface area contributed by atoms with Crippen LogP contribution in [0, 0.1) is 5.92 Å². The molecule has 0 radical (unpaired) electrons. The van der Waals surface area contributed by atoms with Gasteiger partial charge < -0.3 is 4.57 Å². The molecule has 1 heterocycles. The summed E-state index contributed by atoms with van der Waals surface area (Å²) in [6.07, 6.45) is 0. The van der Waals surface area contributed by atoms with E-state index in [-0.39, 0.29) is 21.7 Å². The fraction of sp³-hybridized carbons (Fsp3) is 0.462. The van der Waals surface area contributed by atoms with Gasteiger partial charge in [0.05, 0.1) is 15.1 Å². The molecule has 2 aromatic rings. The summed E-state index contributed by atoms with van der Waals surface area (Å²) in [5.74, 6) is 0.210. The lowest BCUT2D eigenvalue weighted by Crippen LogP contribution is -2.36. The summed E-state index contributed by atoms with van der Waals surface area (Å²) < 4.78 is 29.4. The zero-order valence-corrected chi connectivity index (χ0v) is 13.5. The van der Waals surface area contributed by atoms with Crippen molar-refractivity contribution in [2.24, 2.45) is 13.0 Å². The van der Waals surface area contributed by atoms with Gasteiger partial charge in [0, 0.05) is 13.1 Å². The summed E-state index contributed by atoms with van der Waals surface area (Å²) >= 11 is 1.05. The van der Waals surface area contributed by atoms with E-state index in [0.29, 0.717) is 4.70 Å². The second kappa shape index (κ2) is 5.31. The van der Waals surface area contributed by atoms with E-state index < -0.39 is 10.0 Å². The van der Waals surface area contributed by atoms with Crippen LogP contribution in [-0.4, -0.2) is 19.0 Å². The molecule has 1 N–H and O–H groups in total. The first kappa shape index (κ1) is 15.2. The Labute approximate surface area is 122 Å². The van der Waals surface area contributed by atoms with Gasteiger partial charge >= 0.3 is 4.87 Å². The zero-order chi connectivity index (χ0) is 15.1. The van der Waals surface area contributed by atoms with Gasteiger partial charge in [-0.25, -0.2) is 13.1 Å². The molecule has 20 heavy (non-hydrogen) atoms. The number of nitrogens with zero attached hydrogens (tertiary/aromatic N) is 1. The molecule has 7 heteroatoms. The van der Waals surface area contributed by atoms with Crippen LogP contribution in [0.1, 0.15) is 20.8 Å². The Morgan fingerprint density at radius 1 is 1.25 bits per heavy atom. The minimum atomic E-state index is -3.55. The lowest BCUT2D eigenvalue weighted by atomic mass is 10.1. The summed E-state index contributed by atoms with van der Waals surface area (Å²) in [6, 6.07) is 4.60. The quantitative estimate of drug-likeness (QED) is 0.937. The average molecular weight is 314 g/mol. The van der Waals surface area contributed by atoms with Crippen molar-refractivity contribution in [1.82, 2.24) is 9.29 Å². The van der Waals surface area contributed by atoms with Crippen LogP contribution in [0.15, 0.2) is 27.9 Å². The van der Waals surface area contributed by atoms with Crippen molar-refractivity contribution in [1.29, 1.82) is 0 Å². The van der Waals surface area contributed by atoms with Gasteiger partial charge in [-0.15, -0.1) is 0 Å². The molecule has 1 aromatic carbocycles. The maximum absolute atomic E-state index is 12.3. The fourth-order valence-electron chi connectivity index (χ4n) is 1.73. The normalized spacial score (nSPS) is 14.1. The van der Waals surface area contributed by atoms with E-state index in [1.54, 1.807) is 19.2 Å². The predicted octanol–water partition coefficient (Wildman–Crippen LogP) is 1.92. The predicted molar refractivity (Wildman–Crippen MR) is 81.7 cm³/mol. The van der Waals surface area contributed by atoms with Crippen LogP contribution in [0.4, 0.5) is 0 Å². The number of thiazole rings is 1. The van der Waals surface area contributed by atoms with Crippen LogP contribution in [0.5, 0.6) is 0 Å². The number of sulfonamides is 1.